The van der Waals surface area contributed by atoms with Crippen LogP contribution < -0.4 is 9.64 Å². The lowest BCUT2D eigenvalue weighted by molar-refractivity contribution is -0.113. The number of hydrogen-bond donors (Lipinski definition) is 0. The van der Waals surface area contributed by atoms with E-state index in [1.807, 2.05) is 42.5 Å². The first-order chi connectivity index (χ1) is 14.1. The van der Waals surface area contributed by atoms with Crippen molar-refractivity contribution in [3.8, 4) is 5.75 Å². The molecular formula is C22H25N3O2S2. The molecule has 0 atom stereocenters. The lowest BCUT2D eigenvalue weighted by atomic mass is 10.2. The van der Waals surface area contributed by atoms with Gasteiger partial charge < -0.3 is 9.64 Å². The number of nitrogens with zero attached hydrogens (tertiary/aromatic N) is 3. The first-order valence-electron chi connectivity index (χ1n) is 9.76. The molecule has 1 fully saturated rings. The van der Waals surface area contributed by atoms with Crippen molar-refractivity contribution in [3.05, 3.63) is 59.3 Å². The highest BCUT2D eigenvalue weighted by molar-refractivity contribution is 8.27. The fraction of sp³-hybridized carbons (Fsp3) is 0.318. The van der Waals surface area contributed by atoms with Crippen LogP contribution >= 0.6 is 24.0 Å². The number of carbonyl (C=O) groups excluding carboxylic acids is 1. The molecule has 0 unspecified atom stereocenters. The lowest BCUT2D eigenvalue weighted by Gasteiger charge is -2.18. The molecule has 5 nitrogen and oxygen atoms in total. The third-order valence-electron chi connectivity index (χ3n) is 4.64. The smallest absolute Gasteiger partial charge is 0.270 e. The van der Waals surface area contributed by atoms with Gasteiger partial charge in [-0.1, -0.05) is 43.9 Å². The molecule has 2 heterocycles. The third-order valence-corrected chi connectivity index (χ3v) is 5.94. The third kappa shape index (κ3) is 5.65. The Morgan fingerprint density at radius 2 is 1.93 bits per heavy atom. The number of benzene rings is 1. The standard InChI is InChI=1S/C22H25N3O2S2/c1-3-24(4-2)14-7-15-27-19-11-9-18(10-12-19)25-21(26)20(29-22(25)28)16-17-8-5-6-13-23-17/h5-6,8-13,16H,3-4,7,14-15H2,1-2H3/b20-16-. The maximum Gasteiger partial charge on any atom is 0.270 e. The molecule has 0 N–H and O–H groups in total. The van der Waals surface area contributed by atoms with E-state index < -0.39 is 0 Å². The Labute approximate surface area is 181 Å². The van der Waals surface area contributed by atoms with Crippen molar-refractivity contribution in [2.75, 3.05) is 31.1 Å². The van der Waals surface area contributed by atoms with Crippen molar-refractivity contribution < 1.29 is 9.53 Å². The first kappa shape index (κ1) is 21.5. The maximum atomic E-state index is 12.8. The summed E-state index contributed by atoms with van der Waals surface area (Å²) in [7, 11) is 0. The van der Waals surface area contributed by atoms with E-state index in [2.05, 4.69) is 23.7 Å². The monoisotopic (exact) mass is 427 g/mol. The van der Waals surface area contributed by atoms with E-state index in [9.17, 15) is 4.79 Å². The van der Waals surface area contributed by atoms with Crippen LogP contribution in [0, 0.1) is 0 Å². The molecule has 1 aromatic heterocycles. The van der Waals surface area contributed by atoms with Crippen LogP contribution in [-0.4, -0.2) is 46.4 Å². The molecule has 1 amide bonds. The maximum absolute atomic E-state index is 12.8. The second-order valence-electron chi connectivity index (χ2n) is 6.49. The molecule has 2 aromatic rings. The van der Waals surface area contributed by atoms with Crippen LogP contribution in [0.3, 0.4) is 0 Å². The van der Waals surface area contributed by atoms with E-state index in [1.54, 1.807) is 17.2 Å². The van der Waals surface area contributed by atoms with Gasteiger partial charge in [0.05, 0.1) is 22.9 Å². The fourth-order valence-electron chi connectivity index (χ4n) is 3.00. The van der Waals surface area contributed by atoms with Crippen LogP contribution in [0.1, 0.15) is 26.0 Å². The van der Waals surface area contributed by atoms with Gasteiger partial charge >= 0.3 is 0 Å². The summed E-state index contributed by atoms with van der Waals surface area (Å²) in [6.07, 6.45) is 4.45. The Morgan fingerprint density at radius 1 is 1.17 bits per heavy atom. The first-order valence-corrected chi connectivity index (χ1v) is 11.0. The molecule has 0 aliphatic carbocycles. The summed E-state index contributed by atoms with van der Waals surface area (Å²) in [5, 5.41) is 0. The van der Waals surface area contributed by atoms with Gasteiger partial charge in [-0.25, -0.2) is 0 Å². The van der Waals surface area contributed by atoms with Gasteiger partial charge in [0.1, 0.15) is 5.75 Å². The molecule has 29 heavy (non-hydrogen) atoms. The molecule has 3 rings (SSSR count). The van der Waals surface area contributed by atoms with Gasteiger partial charge in [-0.3, -0.25) is 14.7 Å². The average Bonchev–Trinajstić information content (AvgIpc) is 3.02. The van der Waals surface area contributed by atoms with Gasteiger partial charge in [-0.05, 0) is 62.0 Å². The van der Waals surface area contributed by atoms with Gasteiger partial charge in [0.25, 0.3) is 5.91 Å². The summed E-state index contributed by atoms with van der Waals surface area (Å²) in [6, 6.07) is 13.1. The zero-order valence-electron chi connectivity index (χ0n) is 16.7. The zero-order valence-corrected chi connectivity index (χ0v) is 18.3. The molecule has 152 valence electrons. The summed E-state index contributed by atoms with van der Waals surface area (Å²) in [6.45, 7) is 8.16. The van der Waals surface area contributed by atoms with Crippen LogP contribution in [0.4, 0.5) is 5.69 Å². The van der Waals surface area contributed by atoms with E-state index in [0.717, 1.165) is 43.2 Å². The number of aromatic nitrogens is 1. The number of ether oxygens (including phenoxy) is 1. The fourth-order valence-corrected chi connectivity index (χ4v) is 4.28. The van der Waals surface area contributed by atoms with Crippen molar-refractivity contribution >= 4 is 46.0 Å². The van der Waals surface area contributed by atoms with Crippen molar-refractivity contribution in [2.24, 2.45) is 0 Å². The van der Waals surface area contributed by atoms with Gasteiger partial charge in [-0.2, -0.15) is 0 Å². The van der Waals surface area contributed by atoms with Crippen LogP contribution in [0.15, 0.2) is 53.6 Å². The summed E-state index contributed by atoms with van der Waals surface area (Å²) in [5.74, 6) is 0.668. The molecule has 0 spiro atoms. The topological polar surface area (TPSA) is 45.7 Å². The number of amides is 1. The predicted molar refractivity (Wildman–Crippen MR) is 124 cm³/mol. The Morgan fingerprint density at radius 3 is 2.59 bits per heavy atom. The van der Waals surface area contributed by atoms with Crippen LogP contribution in [0.2, 0.25) is 0 Å². The van der Waals surface area contributed by atoms with Crippen molar-refractivity contribution in [2.45, 2.75) is 20.3 Å². The van der Waals surface area contributed by atoms with Crippen LogP contribution in [-0.2, 0) is 4.79 Å². The summed E-state index contributed by atoms with van der Waals surface area (Å²) in [5.41, 5.74) is 1.48. The predicted octanol–water partition coefficient (Wildman–Crippen LogP) is 4.60. The number of anilines is 1. The molecule has 1 saturated heterocycles. The highest BCUT2D eigenvalue weighted by Crippen LogP contribution is 2.36. The molecule has 1 aromatic carbocycles. The van der Waals surface area contributed by atoms with Crippen molar-refractivity contribution in [1.82, 2.24) is 9.88 Å². The Kier molecular flexibility index (Phi) is 7.80. The van der Waals surface area contributed by atoms with Gasteiger partial charge in [-0.15, -0.1) is 0 Å². The van der Waals surface area contributed by atoms with Crippen molar-refractivity contribution in [1.29, 1.82) is 0 Å². The number of thioether (sulfide) groups is 1. The normalized spacial score (nSPS) is 15.6. The highest BCUT2D eigenvalue weighted by Gasteiger charge is 2.33. The summed E-state index contributed by atoms with van der Waals surface area (Å²) >= 11 is 6.72. The largest absolute Gasteiger partial charge is 0.494 e. The minimum absolute atomic E-state index is 0.126. The minimum Gasteiger partial charge on any atom is -0.494 e. The summed E-state index contributed by atoms with van der Waals surface area (Å²) < 4.78 is 6.35. The Hall–Kier alpha value is -2.22. The van der Waals surface area contributed by atoms with Gasteiger partial charge in [0.15, 0.2) is 4.32 Å². The van der Waals surface area contributed by atoms with E-state index in [4.69, 9.17) is 17.0 Å². The molecular weight excluding hydrogens is 402 g/mol. The number of pyridine rings is 1. The van der Waals surface area contributed by atoms with E-state index >= 15 is 0 Å². The van der Waals surface area contributed by atoms with Crippen molar-refractivity contribution in [3.63, 3.8) is 0 Å². The molecule has 0 saturated carbocycles. The zero-order chi connectivity index (χ0) is 20.6. The van der Waals surface area contributed by atoms with E-state index in [1.165, 1.54) is 11.8 Å². The quantitative estimate of drug-likeness (QED) is 0.331. The molecule has 0 radical (unpaired) electrons. The molecule has 0 bridgehead atoms. The Bertz CT molecular complexity index is 865. The van der Waals surface area contributed by atoms with E-state index in [0.29, 0.717) is 15.8 Å². The molecule has 1 aliphatic rings. The SMILES string of the molecule is CCN(CC)CCCOc1ccc(N2C(=O)/C(=C/c3ccccn3)SC2=S)cc1. The van der Waals surface area contributed by atoms with Gasteiger partial charge in [0.2, 0.25) is 0 Å². The average molecular weight is 428 g/mol. The Balaban J connectivity index is 1.60. The van der Waals surface area contributed by atoms with E-state index in [-0.39, 0.29) is 5.91 Å². The van der Waals surface area contributed by atoms with Crippen LogP contribution in [0.5, 0.6) is 5.75 Å². The van der Waals surface area contributed by atoms with Crippen LogP contribution in [0.25, 0.3) is 6.08 Å². The second-order valence-corrected chi connectivity index (χ2v) is 8.17. The number of thiocarbonyl (C=S) groups is 1. The minimum atomic E-state index is -0.126. The second kappa shape index (κ2) is 10.5. The lowest BCUT2D eigenvalue weighted by Crippen LogP contribution is -2.27. The summed E-state index contributed by atoms with van der Waals surface area (Å²) in [4.78, 5) is 21.6. The number of hydrogen-bond acceptors (Lipinski definition) is 6. The highest BCUT2D eigenvalue weighted by atomic mass is 32.2. The molecule has 1 aliphatic heterocycles. The number of rotatable bonds is 9. The van der Waals surface area contributed by atoms with Gasteiger partial charge in [0, 0.05) is 12.7 Å². The molecule has 7 heteroatoms. The number of carbonyl (C=O) groups is 1.